The van der Waals surface area contributed by atoms with Crippen molar-refractivity contribution in [1.82, 2.24) is 0 Å². The lowest BCUT2D eigenvalue weighted by Crippen LogP contribution is -2.28. The van der Waals surface area contributed by atoms with Crippen LogP contribution < -0.4 is 10.2 Å². The number of carbonyl (C=O) groups excluding carboxylic acids is 4. The van der Waals surface area contributed by atoms with Crippen LogP contribution in [0.25, 0.3) is 0 Å². The summed E-state index contributed by atoms with van der Waals surface area (Å²) in [5.74, 6) is -2.37. The van der Waals surface area contributed by atoms with Gasteiger partial charge in [-0.15, -0.1) is 0 Å². The molecule has 0 unspecified atom stereocenters. The number of nitrogens with zero attached hydrogens (tertiary/aromatic N) is 1. The fourth-order valence-corrected chi connectivity index (χ4v) is 3.55. The van der Waals surface area contributed by atoms with Gasteiger partial charge in [-0.2, -0.15) is 0 Å². The van der Waals surface area contributed by atoms with Crippen LogP contribution in [0.15, 0.2) is 42.5 Å². The van der Waals surface area contributed by atoms with E-state index in [4.69, 9.17) is 9.47 Å². The van der Waals surface area contributed by atoms with Gasteiger partial charge in [-0.05, 0) is 56.2 Å². The quantitative estimate of drug-likeness (QED) is 0.667. The zero-order valence-electron chi connectivity index (χ0n) is 18.3. The molecule has 1 N–H and O–H groups in total. The second kappa shape index (κ2) is 10.1. The molecule has 1 aliphatic rings. The Labute approximate surface area is 186 Å². The van der Waals surface area contributed by atoms with Crippen LogP contribution in [0.5, 0.6) is 0 Å². The van der Waals surface area contributed by atoms with E-state index in [9.17, 15) is 19.2 Å². The molecular formula is C24H26N2O6. The first-order chi connectivity index (χ1) is 15.3. The SMILES string of the molecule is CCOC(=O)c1ccc(N2C[C@H](C(=O)OCC(=O)Nc3c(C)cccc3C)CC2=O)cc1. The van der Waals surface area contributed by atoms with Crippen LogP contribution in [0, 0.1) is 19.8 Å². The van der Waals surface area contributed by atoms with Gasteiger partial charge in [-0.1, -0.05) is 18.2 Å². The Kier molecular flexibility index (Phi) is 7.25. The van der Waals surface area contributed by atoms with Gasteiger partial charge in [0.25, 0.3) is 5.91 Å². The fourth-order valence-electron chi connectivity index (χ4n) is 3.55. The average Bonchev–Trinajstić information content (AvgIpc) is 3.16. The number of para-hydroxylation sites is 1. The van der Waals surface area contributed by atoms with Gasteiger partial charge in [0.15, 0.2) is 6.61 Å². The third kappa shape index (κ3) is 5.32. The molecule has 1 saturated heterocycles. The molecule has 1 atom stereocenters. The maximum absolute atomic E-state index is 12.4. The molecule has 1 fully saturated rings. The van der Waals surface area contributed by atoms with E-state index < -0.39 is 30.4 Å². The third-order valence-corrected chi connectivity index (χ3v) is 5.24. The third-order valence-electron chi connectivity index (χ3n) is 5.24. The smallest absolute Gasteiger partial charge is 0.338 e. The van der Waals surface area contributed by atoms with Gasteiger partial charge in [0.2, 0.25) is 5.91 Å². The lowest BCUT2D eigenvalue weighted by molar-refractivity contribution is -0.151. The number of amides is 2. The number of esters is 2. The Bertz CT molecular complexity index is 1010. The highest BCUT2D eigenvalue weighted by Gasteiger charge is 2.36. The summed E-state index contributed by atoms with van der Waals surface area (Å²) < 4.78 is 10.1. The average molecular weight is 438 g/mol. The highest BCUT2D eigenvalue weighted by Crippen LogP contribution is 2.26. The van der Waals surface area contributed by atoms with Gasteiger partial charge in [0, 0.05) is 24.3 Å². The van der Waals surface area contributed by atoms with Crippen molar-refractivity contribution in [3.63, 3.8) is 0 Å². The van der Waals surface area contributed by atoms with Gasteiger partial charge in [0.1, 0.15) is 0 Å². The Hall–Kier alpha value is -3.68. The summed E-state index contributed by atoms with van der Waals surface area (Å²) in [4.78, 5) is 50.3. The van der Waals surface area contributed by atoms with Crippen molar-refractivity contribution in [1.29, 1.82) is 0 Å². The maximum atomic E-state index is 12.4. The minimum atomic E-state index is -0.666. The predicted octanol–water partition coefficient (Wildman–Crippen LogP) is 3.01. The number of anilines is 2. The molecule has 0 radical (unpaired) electrons. The van der Waals surface area contributed by atoms with Crippen LogP contribution in [-0.2, 0) is 23.9 Å². The largest absolute Gasteiger partial charge is 0.462 e. The van der Waals surface area contributed by atoms with Gasteiger partial charge in [-0.25, -0.2) is 4.79 Å². The minimum absolute atomic E-state index is 0.00299. The van der Waals surface area contributed by atoms with Crippen LogP contribution in [0.2, 0.25) is 0 Å². The summed E-state index contributed by atoms with van der Waals surface area (Å²) in [6, 6.07) is 12.1. The van der Waals surface area contributed by atoms with E-state index in [0.717, 1.165) is 11.1 Å². The zero-order valence-corrected chi connectivity index (χ0v) is 18.3. The molecule has 1 aliphatic heterocycles. The van der Waals surface area contributed by atoms with E-state index in [2.05, 4.69) is 5.32 Å². The van der Waals surface area contributed by atoms with E-state index in [1.54, 1.807) is 31.2 Å². The standard InChI is InChI=1S/C24H26N2O6/c1-4-31-23(29)17-8-10-19(11-9-17)26-13-18(12-21(26)28)24(30)32-14-20(27)25-22-15(2)6-5-7-16(22)3/h5-11,18H,4,12-14H2,1-3H3,(H,25,27)/t18-/m1/s1. The molecule has 8 nitrogen and oxygen atoms in total. The molecule has 2 aromatic rings. The van der Waals surface area contributed by atoms with Crippen molar-refractivity contribution < 1.29 is 28.7 Å². The molecule has 0 bridgehead atoms. The molecule has 0 saturated carbocycles. The predicted molar refractivity (Wildman–Crippen MR) is 118 cm³/mol. The molecule has 0 spiro atoms. The molecule has 0 aromatic heterocycles. The Morgan fingerprint density at radius 2 is 1.69 bits per heavy atom. The van der Waals surface area contributed by atoms with Crippen LogP contribution in [0.1, 0.15) is 34.8 Å². The molecule has 8 heteroatoms. The molecular weight excluding hydrogens is 412 g/mol. The minimum Gasteiger partial charge on any atom is -0.462 e. The summed E-state index contributed by atoms with van der Waals surface area (Å²) >= 11 is 0. The van der Waals surface area contributed by atoms with Crippen LogP contribution >= 0.6 is 0 Å². The van der Waals surface area contributed by atoms with Gasteiger partial charge >= 0.3 is 11.9 Å². The van der Waals surface area contributed by atoms with Crippen molar-refractivity contribution >= 4 is 35.1 Å². The van der Waals surface area contributed by atoms with E-state index in [-0.39, 0.29) is 25.5 Å². The summed E-state index contributed by atoms with van der Waals surface area (Å²) in [6.45, 7) is 5.49. The number of hydrogen-bond acceptors (Lipinski definition) is 6. The lowest BCUT2D eigenvalue weighted by atomic mass is 10.1. The zero-order chi connectivity index (χ0) is 23.3. The molecule has 2 amide bonds. The fraction of sp³-hybridized carbons (Fsp3) is 0.333. The topological polar surface area (TPSA) is 102 Å². The summed E-state index contributed by atoms with van der Waals surface area (Å²) in [7, 11) is 0. The van der Waals surface area contributed by atoms with E-state index in [1.807, 2.05) is 32.0 Å². The van der Waals surface area contributed by atoms with Crippen LogP contribution in [-0.4, -0.2) is 43.5 Å². The van der Waals surface area contributed by atoms with Crippen molar-refractivity contribution in [3.05, 3.63) is 59.2 Å². The van der Waals surface area contributed by atoms with Gasteiger partial charge in [0.05, 0.1) is 18.1 Å². The first-order valence-corrected chi connectivity index (χ1v) is 10.4. The molecule has 0 aliphatic carbocycles. The Balaban J connectivity index is 1.54. The number of aryl methyl sites for hydroxylation is 2. The normalized spacial score (nSPS) is 15.4. The van der Waals surface area contributed by atoms with Gasteiger partial charge in [-0.3, -0.25) is 14.4 Å². The van der Waals surface area contributed by atoms with E-state index >= 15 is 0 Å². The monoisotopic (exact) mass is 438 g/mol. The van der Waals surface area contributed by atoms with Crippen LogP contribution in [0.4, 0.5) is 11.4 Å². The van der Waals surface area contributed by atoms with Crippen molar-refractivity contribution in [2.24, 2.45) is 5.92 Å². The maximum Gasteiger partial charge on any atom is 0.338 e. The number of nitrogens with one attached hydrogen (secondary N) is 1. The highest BCUT2D eigenvalue weighted by molar-refractivity contribution is 6.00. The molecule has 1 heterocycles. The number of carbonyl (C=O) groups is 4. The summed E-state index contributed by atoms with van der Waals surface area (Å²) in [6.07, 6.45) is -0.00299. The second-order valence-electron chi connectivity index (χ2n) is 7.60. The molecule has 2 aromatic carbocycles. The van der Waals surface area contributed by atoms with Crippen molar-refractivity contribution in [2.75, 3.05) is 30.0 Å². The number of hydrogen-bond donors (Lipinski definition) is 1. The summed E-state index contributed by atoms with van der Waals surface area (Å²) in [5, 5.41) is 2.76. The molecule has 32 heavy (non-hydrogen) atoms. The van der Waals surface area contributed by atoms with Crippen molar-refractivity contribution in [2.45, 2.75) is 27.2 Å². The Morgan fingerprint density at radius 3 is 2.31 bits per heavy atom. The van der Waals surface area contributed by atoms with E-state index in [1.165, 1.54) is 4.90 Å². The van der Waals surface area contributed by atoms with E-state index in [0.29, 0.717) is 16.9 Å². The second-order valence-corrected chi connectivity index (χ2v) is 7.60. The first kappa shape index (κ1) is 23.0. The molecule has 3 rings (SSSR count). The molecule has 168 valence electrons. The van der Waals surface area contributed by atoms with Crippen molar-refractivity contribution in [3.8, 4) is 0 Å². The number of ether oxygens (including phenoxy) is 2. The van der Waals surface area contributed by atoms with Crippen LogP contribution in [0.3, 0.4) is 0 Å². The first-order valence-electron chi connectivity index (χ1n) is 10.4. The highest BCUT2D eigenvalue weighted by atomic mass is 16.5. The Morgan fingerprint density at radius 1 is 1.03 bits per heavy atom. The van der Waals surface area contributed by atoms with Gasteiger partial charge < -0.3 is 19.7 Å². The number of benzene rings is 2. The number of rotatable bonds is 7. The summed E-state index contributed by atoms with van der Waals surface area (Å²) in [5.41, 5.74) is 3.48. The lowest BCUT2D eigenvalue weighted by Gasteiger charge is -2.17.